The number of carbonyl (C=O) groups excluding carboxylic acids is 1. The predicted octanol–water partition coefficient (Wildman–Crippen LogP) is 0.252. The Morgan fingerprint density at radius 3 is 1.39 bits per heavy atom. The first-order valence-corrected chi connectivity index (χ1v) is 12.8. The standard InChI is InChI=1S/C26H26N2O6.2C2H4O2.Co.K/c29-25-19-5-3-9-23(25)33-15-13-31-11-12-32-14-16-34-24-10-4-6-20(26(24)30)18-28-22-8-2-1-7-21(22)27-17-19;2*1-2(3)4;;/h1-10,17-18,29-30H,11-16H2;2*1H3,(H,3,4);;/q;;;;+1/p-1. The first-order valence-electron chi connectivity index (χ1n) is 12.8. The van der Waals surface area contributed by atoms with E-state index in [0.29, 0.717) is 60.4 Å². The van der Waals surface area contributed by atoms with E-state index < -0.39 is 11.9 Å². The third kappa shape index (κ3) is 16.3. The normalized spacial score (nSPS) is 12.9. The van der Waals surface area contributed by atoms with E-state index in [0.717, 1.165) is 13.8 Å². The van der Waals surface area contributed by atoms with E-state index in [4.69, 9.17) is 38.7 Å². The fourth-order valence-electron chi connectivity index (χ4n) is 3.22. The fourth-order valence-corrected chi connectivity index (χ4v) is 3.22. The van der Waals surface area contributed by atoms with Crippen molar-refractivity contribution in [3.63, 3.8) is 0 Å². The van der Waals surface area contributed by atoms with Gasteiger partial charge in [0, 0.05) is 53.2 Å². The average Bonchev–Trinajstić information content (AvgIpc) is 2.94. The second-order valence-corrected chi connectivity index (χ2v) is 8.33. The van der Waals surface area contributed by atoms with Crippen LogP contribution in [-0.4, -0.2) is 79.3 Å². The van der Waals surface area contributed by atoms with Crippen LogP contribution in [0.5, 0.6) is 23.0 Å². The summed E-state index contributed by atoms with van der Waals surface area (Å²) in [6.07, 6.45) is 3.12. The van der Waals surface area contributed by atoms with Gasteiger partial charge in [0.2, 0.25) is 0 Å². The molecule has 0 amide bonds. The Morgan fingerprint density at radius 2 is 1.02 bits per heavy atom. The minimum absolute atomic E-state index is 0. The Kier molecular flexibility index (Phi) is 22.1. The monoisotopic (exact) mass is 679 g/mol. The summed E-state index contributed by atoms with van der Waals surface area (Å²) in [6.45, 7) is 4.12. The molecule has 0 saturated carbocycles. The zero-order chi connectivity index (χ0) is 30.7. The summed E-state index contributed by atoms with van der Waals surface area (Å²) in [5.74, 6) is -1.21. The summed E-state index contributed by atoms with van der Waals surface area (Å²) < 4.78 is 22.3. The Morgan fingerprint density at radius 1 is 0.682 bits per heavy atom. The number of phenolic OH excluding ortho intramolecular Hbond substituents is 2. The van der Waals surface area contributed by atoms with Crippen molar-refractivity contribution < 1.29 is 117 Å². The van der Waals surface area contributed by atoms with Gasteiger partial charge in [-0.15, -0.1) is 0 Å². The van der Waals surface area contributed by atoms with E-state index in [9.17, 15) is 10.2 Å². The quantitative estimate of drug-likeness (QED) is 0.279. The van der Waals surface area contributed by atoms with E-state index in [-0.39, 0.29) is 92.9 Å². The van der Waals surface area contributed by atoms with E-state index >= 15 is 0 Å². The first-order chi connectivity index (χ1) is 20.2. The summed E-state index contributed by atoms with van der Waals surface area (Å²) in [5.41, 5.74) is 2.22. The molecule has 0 aromatic heterocycles. The van der Waals surface area contributed by atoms with E-state index in [1.165, 1.54) is 0 Å². The zero-order valence-corrected chi connectivity index (χ0v) is 28.8. The molecule has 1 radical (unpaired) electrons. The van der Waals surface area contributed by atoms with Crippen molar-refractivity contribution in [3.8, 4) is 23.0 Å². The Labute approximate surface area is 308 Å². The molecule has 12 nitrogen and oxygen atoms in total. The van der Waals surface area contributed by atoms with Gasteiger partial charge in [0.25, 0.3) is 5.97 Å². The topological polar surface area (TPSA) is 180 Å². The number of hydrogen-bond donors (Lipinski definition) is 3. The molecule has 3 aromatic carbocycles. The van der Waals surface area contributed by atoms with Crippen LogP contribution in [0.4, 0.5) is 11.4 Å². The summed E-state index contributed by atoms with van der Waals surface area (Å²) in [7, 11) is 0. The largest absolute Gasteiger partial charge is 1.00 e. The van der Waals surface area contributed by atoms with Crippen molar-refractivity contribution in [2.24, 2.45) is 9.98 Å². The number of carboxylic acids is 2. The molecule has 0 saturated heterocycles. The summed E-state index contributed by atoms with van der Waals surface area (Å²) in [4.78, 5) is 26.9. The van der Waals surface area contributed by atoms with Crippen LogP contribution < -0.4 is 66.0 Å². The number of aliphatic imine (C=N–C) groups is 2. The van der Waals surface area contributed by atoms with Crippen molar-refractivity contribution in [3.05, 3.63) is 71.8 Å². The van der Waals surface area contributed by atoms with Crippen LogP contribution in [0.3, 0.4) is 0 Å². The Hall–Kier alpha value is -2.80. The number of benzene rings is 3. The molecule has 3 N–H and O–H groups in total. The van der Waals surface area contributed by atoms with Gasteiger partial charge in [0.05, 0.1) is 37.8 Å². The minimum Gasteiger partial charge on any atom is -0.550 e. The van der Waals surface area contributed by atoms with E-state index in [1.807, 2.05) is 24.3 Å². The van der Waals surface area contributed by atoms with Crippen LogP contribution in [0.15, 0.2) is 70.6 Å². The maximum atomic E-state index is 10.6. The second-order valence-electron chi connectivity index (χ2n) is 8.33. The van der Waals surface area contributed by atoms with Gasteiger partial charge in [-0.1, -0.05) is 24.3 Å². The molecule has 0 unspecified atom stereocenters. The molecule has 233 valence electrons. The van der Waals surface area contributed by atoms with Crippen molar-refractivity contribution in [1.82, 2.24) is 0 Å². The van der Waals surface area contributed by atoms with Crippen LogP contribution in [0.1, 0.15) is 25.0 Å². The summed E-state index contributed by atoms with van der Waals surface area (Å²) in [5, 5.41) is 37.5. The molecule has 1 heterocycles. The van der Waals surface area contributed by atoms with Gasteiger partial charge in [-0.05, 0) is 43.3 Å². The molecule has 0 aliphatic carbocycles. The van der Waals surface area contributed by atoms with Crippen LogP contribution >= 0.6 is 0 Å². The smallest absolute Gasteiger partial charge is 0.550 e. The van der Waals surface area contributed by atoms with Crippen LogP contribution in [0.2, 0.25) is 0 Å². The van der Waals surface area contributed by atoms with E-state index in [1.54, 1.807) is 48.8 Å². The first kappa shape index (κ1) is 41.2. The third-order valence-corrected chi connectivity index (χ3v) is 4.97. The SMILES string of the molecule is CC(=O)O.CC(=O)[O-].Oc1c2cccc1OCCOCCOCCOc1cccc(c1O)C=Nc1ccccc1N=C2.[Co].[K+]. The van der Waals surface area contributed by atoms with E-state index in [2.05, 4.69) is 9.98 Å². The summed E-state index contributed by atoms with van der Waals surface area (Å²) in [6, 6.07) is 17.8. The number of para-hydroxylation sites is 4. The van der Waals surface area contributed by atoms with Gasteiger partial charge in [-0.25, -0.2) is 0 Å². The Bertz CT molecular complexity index is 1260. The van der Waals surface area contributed by atoms with Gasteiger partial charge in [-0.3, -0.25) is 14.8 Å². The number of carboxylic acid groups (broad SMARTS) is 2. The average molecular weight is 680 g/mol. The van der Waals surface area contributed by atoms with Crippen LogP contribution in [-0.2, 0) is 35.8 Å². The van der Waals surface area contributed by atoms with Crippen molar-refractivity contribution in [2.45, 2.75) is 13.8 Å². The molecule has 0 spiro atoms. The van der Waals surface area contributed by atoms with Gasteiger partial charge in [-0.2, -0.15) is 0 Å². The number of rotatable bonds is 0. The molecule has 0 fully saturated rings. The minimum atomic E-state index is -1.08. The maximum absolute atomic E-state index is 10.6. The number of ether oxygens (including phenoxy) is 4. The molecular formula is C30H33CoKN2O10. The van der Waals surface area contributed by atoms with Gasteiger partial charge in [0.15, 0.2) is 23.0 Å². The van der Waals surface area contributed by atoms with Crippen molar-refractivity contribution >= 4 is 35.7 Å². The number of phenols is 2. The van der Waals surface area contributed by atoms with Crippen molar-refractivity contribution in [1.29, 1.82) is 0 Å². The molecule has 0 atom stereocenters. The molecule has 14 heteroatoms. The molecule has 4 bridgehead atoms. The molecule has 3 aromatic rings. The molecule has 1 aliphatic heterocycles. The predicted molar refractivity (Wildman–Crippen MR) is 154 cm³/mol. The second kappa shape index (κ2) is 23.6. The fraction of sp³-hybridized carbons (Fsp3) is 0.267. The molecule has 44 heavy (non-hydrogen) atoms. The number of hydrogen-bond acceptors (Lipinski definition) is 11. The number of aliphatic carboxylic acids is 2. The number of aromatic hydroxyl groups is 2. The van der Waals surface area contributed by atoms with Gasteiger partial charge < -0.3 is 44.2 Å². The zero-order valence-electron chi connectivity index (χ0n) is 24.6. The molecular weight excluding hydrogens is 646 g/mol. The number of fused-ring (bicyclic) bond motifs is 5. The summed E-state index contributed by atoms with van der Waals surface area (Å²) >= 11 is 0. The maximum Gasteiger partial charge on any atom is 1.00 e. The number of nitrogens with zero attached hydrogens (tertiary/aromatic N) is 2. The van der Waals surface area contributed by atoms with Gasteiger partial charge in [0.1, 0.15) is 13.2 Å². The van der Waals surface area contributed by atoms with Gasteiger partial charge >= 0.3 is 51.4 Å². The third-order valence-electron chi connectivity index (χ3n) is 4.97. The Balaban J connectivity index is 0.00000166. The molecule has 4 rings (SSSR count). The van der Waals surface area contributed by atoms with Crippen LogP contribution in [0, 0.1) is 0 Å². The van der Waals surface area contributed by atoms with Crippen LogP contribution in [0.25, 0.3) is 0 Å². The van der Waals surface area contributed by atoms with Crippen molar-refractivity contribution in [2.75, 3.05) is 39.6 Å². The number of carbonyl (C=O) groups is 2. The molecule has 1 aliphatic rings.